The lowest BCUT2D eigenvalue weighted by atomic mass is 9.98. The Bertz CT molecular complexity index is 1030. The minimum Gasteiger partial charge on any atom is -0.494 e. The Morgan fingerprint density at radius 1 is 1.22 bits per heavy atom. The highest BCUT2D eigenvalue weighted by molar-refractivity contribution is 7.71. The molecule has 0 fully saturated rings. The predicted octanol–water partition coefficient (Wildman–Crippen LogP) is 1.61. The largest absolute Gasteiger partial charge is 0.494 e. The third-order valence-electron chi connectivity index (χ3n) is 4.44. The van der Waals surface area contributed by atoms with Crippen LogP contribution in [0.2, 0.25) is 0 Å². The van der Waals surface area contributed by atoms with Crippen molar-refractivity contribution in [2.45, 2.75) is 12.5 Å². The lowest BCUT2D eigenvalue weighted by Crippen LogP contribution is -2.21. The predicted molar refractivity (Wildman–Crippen MR) is 102 cm³/mol. The van der Waals surface area contributed by atoms with Gasteiger partial charge < -0.3 is 24.7 Å². The van der Waals surface area contributed by atoms with Crippen molar-refractivity contribution >= 4 is 17.9 Å². The van der Waals surface area contributed by atoms with Crippen LogP contribution in [0.25, 0.3) is 0 Å². The number of hydrazone groups is 1. The number of aromatic amines is 1. The van der Waals surface area contributed by atoms with E-state index in [1.807, 2.05) is 6.07 Å². The molecule has 9 nitrogen and oxygen atoms in total. The zero-order valence-corrected chi connectivity index (χ0v) is 16.1. The highest BCUT2D eigenvalue weighted by atomic mass is 32.1. The van der Waals surface area contributed by atoms with Gasteiger partial charge in [-0.05, 0) is 24.4 Å². The first-order valence-electron chi connectivity index (χ1n) is 8.06. The molecule has 2 aromatic rings. The maximum Gasteiger partial charge on any atom is 0.264 e. The summed E-state index contributed by atoms with van der Waals surface area (Å²) in [5, 5.41) is 14.6. The Kier molecular flexibility index (Phi) is 5.08. The molecule has 3 rings (SSSR count). The number of hydrogen-bond acceptors (Lipinski definition) is 8. The van der Waals surface area contributed by atoms with Crippen LogP contribution < -0.4 is 25.2 Å². The molecule has 1 atom stereocenters. The van der Waals surface area contributed by atoms with E-state index in [0.717, 1.165) is 5.56 Å². The molecule has 1 aliphatic rings. The molecule has 144 valence electrons. The minimum atomic E-state index is -0.490. The van der Waals surface area contributed by atoms with E-state index in [-0.39, 0.29) is 22.3 Å². The van der Waals surface area contributed by atoms with Gasteiger partial charge in [-0.2, -0.15) is 5.10 Å². The molecule has 0 aliphatic carbocycles. The van der Waals surface area contributed by atoms with E-state index in [4.69, 9.17) is 26.4 Å². The molecule has 0 saturated carbocycles. The van der Waals surface area contributed by atoms with Gasteiger partial charge in [-0.1, -0.05) is 0 Å². The van der Waals surface area contributed by atoms with Gasteiger partial charge in [0.1, 0.15) is 5.56 Å². The number of aromatic hydroxyl groups is 1. The Morgan fingerprint density at radius 2 is 1.93 bits per heavy atom. The third kappa shape index (κ3) is 3.12. The molecule has 0 amide bonds. The van der Waals surface area contributed by atoms with Gasteiger partial charge in [0, 0.05) is 19.0 Å². The fraction of sp³-hybridized carbons (Fsp3) is 0.353. The summed E-state index contributed by atoms with van der Waals surface area (Å²) in [5.74, 6) is 1.29. The maximum atomic E-state index is 12.3. The summed E-state index contributed by atoms with van der Waals surface area (Å²) in [7, 11) is 6.18. The van der Waals surface area contributed by atoms with Crippen molar-refractivity contribution in [1.82, 2.24) is 15.0 Å². The molecular weight excluding hydrogens is 372 g/mol. The highest BCUT2D eigenvalue weighted by Crippen LogP contribution is 2.43. The molecule has 1 aromatic heterocycles. The summed E-state index contributed by atoms with van der Waals surface area (Å²) in [5.41, 5.74) is 3.78. The van der Waals surface area contributed by atoms with E-state index in [0.29, 0.717) is 29.4 Å². The molecule has 1 aliphatic heterocycles. The van der Waals surface area contributed by atoms with E-state index in [1.54, 1.807) is 20.2 Å². The van der Waals surface area contributed by atoms with Crippen LogP contribution in [-0.2, 0) is 7.05 Å². The first-order chi connectivity index (χ1) is 12.9. The van der Waals surface area contributed by atoms with Crippen LogP contribution in [-0.4, -0.2) is 41.7 Å². The van der Waals surface area contributed by atoms with Crippen LogP contribution in [0.1, 0.15) is 23.6 Å². The quantitative estimate of drug-likeness (QED) is 0.663. The number of aromatic nitrogens is 2. The van der Waals surface area contributed by atoms with Crippen molar-refractivity contribution in [3.63, 3.8) is 0 Å². The molecule has 0 spiro atoms. The number of nitrogens with zero attached hydrogens (tertiary/aromatic N) is 2. The van der Waals surface area contributed by atoms with Gasteiger partial charge in [0.25, 0.3) is 5.56 Å². The first kappa shape index (κ1) is 18.8. The second-order valence-electron chi connectivity index (χ2n) is 5.88. The second-order valence-corrected chi connectivity index (χ2v) is 6.27. The molecule has 1 aromatic carbocycles. The zero-order valence-electron chi connectivity index (χ0n) is 15.3. The molecule has 27 heavy (non-hydrogen) atoms. The zero-order chi connectivity index (χ0) is 19.7. The van der Waals surface area contributed by atoms with Crippen LogP contribution in [0.15, 0.2) is 22.0 Å². The number of benzene rings is 1. The highest BCUT2D eigenvalue weighted by Gasteiger charge is 2.30. The van der Waals surface area contributed by atoms with Crippen molar-refractivity contribution in [3.8, 4) is 23.1 Å². The van der Waals surface area contributed by atoms with Gasteiger partial charge >= 0.3 is 0 Å². The van der Waals surface area contributed by atoms with Gasteiger partial charge in [-0.3, -0.25) is 14.3 Å². The van der Waals surface area contributed by atoms with Crippen LogP contribution in [0.4, 0.5) is 0 Å². The average molecular weight is 392 g/mol. The van der Waals surface area contributed by atoms with Gasteiger partial charge in [-0.15, -0.1) is 0 Å². The van der Waals surface area contributed by atoms with Gasteiger partial charge in [0.2, 0.25) is 11.6 Å². The summed E-state index contributed by atoms with van der Waals surface area (Å²) in [6, 6.07) is 3.33. The van der Waals surface area contributed by atoms with Crippen molar-refractivity contribution in [2.75, 3.05) is 21.3 Å². The van der Waals surface area contributed by atoms with E-state index in [2.05, 4.69) is 15.5 Å². The van der Waals surface area contributed by atoms with E-state index in [9.17, 15) is 9.90 Å². The van der Waals surface area contributed by atoms with Gasteiger partial charge in [0.05, 0.1) is 33.1 Å². The topological polar surface area (TPSA) is 110 Å². The molecule has 10 heteroatoms. The first-order valence-corrected chi connectivity index (χ1v) is 8.47. The maximum absolute atomic E-state index is 12.3. The monoisotopic (exact) mass is 392 g/mol. The number of hydrogen-bond donors (Lipinski definition) is 3. The van der Waals surface area contributed by atoms with Crippen LogP contribution in [0.5, 0.6) is 23.1 Å². The Labute approximate surface area is 160 Å². The van der Waals surface area contributed by atoms with Crippen LogP contribution in [0.3, 0.4) is 0 Å². The summed E-state index contributed by atoms with van der Waals surface area (Å²) in [6.07, 6.45) is 0.360. The number of ether oxygens (including phenoxy) is 3. The summed E-state index contributed by atoms with van der Waals surface area (Å²) >= 11 is 5.00. The number of rotatable bonds is 5. The van der Waals surface area contributed by atoms with Crippen molar-refractivity contribution in [3.05, 3.63) is 38.4 Å². The van der Waals surface area contributed by atoms with Crippen LogP contribution in [0, 0.1) is 4.77 Å². The Hall–Kier alpha value is -3.01. The minimum absolute atomic E-state index is 0.0838. The number of nitrogens with one attached hydrogen (secondary N) is 2. The molecule has 3 N–H and O–H groups in total. The smallest absolute Gasteiger partial charge is 0.264 e. The van der Waals surface area contributed by atoms with E-state index in [1.165, 1.54) is 18.8 Å². The number of methoxy groups -OCH3 is 3. The molecule has 0 saturated heterocycles. The molecule has 0 unspecified atom stereocenters. The standard InChI is InChI=1S/C17H20N4O5S/c1-21-16(23)12(15(22)18-17(21)27)10-7-9(19-20-10)8-5-6-11(24-2)14(26-4)13(8)25-3/h5-6,9,19,23H,7H2,1-4H3,(H,18,22,27)/t9-/m1/s1. The normalized spacial score (nSPS) is 15.9. The molecular formula is C17H20N4O5S. The van der Waals surface area contributed by atoms with Crippen molar-refractivity contribution < 1.29 is 19.3 Å². The van der Waals surface area contributed by atoms with Gasteiger partial charge in [-0.25, -0.2) is 0 Å². The molecule has 0 bridgehead atoms. The molecule has 2 heterocycles. The van der Waals surface area contributed by atoms with Gasteiger partial charge in [0.15, 0.2) is 16.3 Å². The second kappa shape index (κ2) is 7.31. The average Bonchev–Trinajstić information content (AvgIpc) is 3.14. The Balaban J connectivity index is 1.99. The SMILES string of the molecule is COc1ccc([C@H]2CC(c3c(O)n(C)c(=S)[nH]c3=O)=NN2)c(OC)c1OC. The van der Waals surface area contributed by atoms with Crippen molar-refractivity contribution in [1.29, 1.82) is 0 Å². The summed E-state index contributed by atoms with van der Waals surface area (Å²) in [4.78, 5) is 14.8. The summed E-state index contributed by atoms with van der Waals surface area (Å²) in [6.45, 7) is 0. The lowest BCUT2D eigenvalue weighted by molar-refractivity contribution is 0.320. The van der Waals surface area contributed by atoms with E-state index < -0.39 is 5.56 Å². The fourth-order valence-corrected chi connectivity index (χ4v) is 3.22. The fourth-order valence-electron chi connectivity index (χ4n) is 3.05. The van der Waals surface area contributed by atoms with Crippen molar-refractivity contribution in [2.24, 2.45) is 12.1 Å². The number of H-pyrrole nitrogens is 1. The summed E-state index contributed by atoms with van der Waals surface area (Å²) < 4.78 is 17.7. The van der Waals surface area contributed by atoms with E-state index >= 15 is 0 Å². The lowest BCUT2D eigenvalue weighted by Gasteiger charge is -2.19. The third-order valence-corrected chi connectivity index (χ3v) is 4.82. The van der Waals surface area contributed by atoms with Crippen LogP contribution >= 0.6 is 12.2 Å². The molecule has 0 radical (unpaired) electrons. The Morgan fingerprint density at radius 3 is 2.56 bits per heavy atom.